The van der Waals surface area contributed by atoms with Crippen molar-refractivity contribution in [1.29, 1.82) is 0 Å². The van der Waals surface area contributed by atoms with Crippen LogP contribution in [0.25, 0.3) is 0 Å². The van der Waals surface area contributed by atoms with E-state index in [2.05, 4.69) is 24.3 Å². The van der Waals surface area contributed by atoms with Crippen molar-refractivity contribution >= 4 is 11.6 Å². The molecule has 1 nitrogen and oxygen atoms in total. The standard InChI is InChI=1S/C17H17ClO/c1-12-5-6-15(17(18)9-12)11-19-16-8-7-13-3-2-4-14(13)10-16/h5-10H,2-4,11H2,1H3. The van der Waals surface area contributed by atoms with Crippen molar-refractivity contribution in [3.63, 3.8) is 0 Å². The molecule has 0 radical (unpaired) electrons. The largest absolute Gasteiger partial charge is 0.489 e. The number of benzene rings is 2. The molecule has 0 unspecified atom stereocenters. The van der Waals surface area contributed by atoms with E-state index >= 15 is 0 Å². The van der Waals surface area contributed by atoms with Crippen molar-refractivity contribution in [2.45, 2.75) is 32.8 Å². The van der Waals surface area contributed by atoms with Crippen molar-refractivity contribution in [1.82, 2.24) is 0 Å². The zero-order valence-electron chi connectivity index (χ0n) is 11.1. The monoisotopic (exact) mass is 272 g/mol. The molecule has 2 heteroatoms. The normalized spacial score (nSPS) is 13.4. The second-order valence-corrected chi connectivity index (χ2v) is 5.57. The van der Waals surface area contributed by atoms with Gasteiger partial charge in [-0.05, 0) is 61.1 Å². The van der Waals surface area contributed by atoms with Gasteiger partial charge < -0.3 is 4.74 Å². The molecule has 0 aliphatic heterocycles. The Morgan fingerprint density at radius 3 is 2.74 bits per heavy atom. The molecular weight excluding hydrogens is 256 g/mol. The van der Waals surface area contributed by atoms with Crippen LogP contribution in [-0.4, -0.2) is 0 Å². The van der Waals surface area contributed by atoms with Crippen molar-refractivity contribution in [3.05, 3.63) is 63.7 Å². The summed E-state index contributed by atoms with van der Waals surface area (Å²) >= 11 is 6.21. The highest BCUT2D eigenvalue weighted by atomic mass is 35.5. The van der Waals surface area contributed by atoms with Gasteiger partial charge in [0.1, 0.15) is 12.4 Å². The van der Waals surface area contributed by atoms with E-state index in [0.717, 1.165) is 16.3 Å². The first-order chi connectivity index (χ1) is 9.22. The Morgan fingerprint density at radius 2 is 1.89 bits per heavy atom. The maximum absolute atomic E-state index is 6.21. The van der Waals surface area contributed by atoms with Crippen LogP contribution in [0.1, 0.15) is 28.7 Å². The van der Waals surface area contributed by atoms with Gasteiger partial charge in [-0.1, -0.05) is 29.8 Å². The number of aryl methyl sites for hydroxylation is 3. The van der Waals surface area contributed by atoms with Crippen LogP contribution in [-0.2, 0) is 19.4 Å². The van der Waals surface area contributed by atoms with E-state index in [0.29, 0.717) is 6.61 Å². The summed E-state index contributed by atoms with van der Waals surface area (Å²) in [5.74, 6) is 0.942. The van der Waals surface area contributed by atoms with Gasteiger partial charge in [-0.15, -0.1) is 0 Å². The fraction of sp³-hybridized carbons (Fsp3) is 0.294. The SMILES string of the molecule is Cc1ccc(COc2ccc3c(c2)CCC3)c(Cl)c1. The smallest absolute Gasteiger partial charge is 0.120 e. The molecule has 0 aromatic heterocycles. The van der Waals surface area contributed by atoms with Crippen LogP contribution >= 0.6 is 11.6 Å². The summed E-state index contributed by atoms with van der Waals surface area (Å²) in [5.41, 5.74) is 5.12. The van der Waals surface area contributed by atoms with E-state index in [-0.39, 0.29) is 0 Å². The molecular formula is C17H17ClO. The number of ether oxygens (including phenoxy) is 1. The minimum Gasteiger partial charge on any atom is -0.489 e. The van der Waals surface area contributed by atoms with Crippen molar-refractivity contribution in [2.24, 2.45) is 0 Å². The molecule has 0 fully saturated rings. The van der Waals surface area contributed by atoms with E-state index in [1.165, 1.54) is 36.0 Å². The van der Waals surface area contributed by atoms with Crippen LogP contribution < -0.4 is 4.74 Å². The Labute approximate surface area is 119 Å². The lowest BCUT2D eigenvalue weighted by Crippen LogP contribution is -1.97. The van der Waals surface area contributed by atoms with E-state index in [4.69, 9.17) is 16.3 Å². The van der Waals surface area contributed by atoms with Gasteiger partial charge in [0, 0.05) is 10.6 Å². The number of hydrogen-bond acceptors (Lipinski definition) is 1. The predicted octanol–water partition coefficient (Wildman–Crippen LogP) is 4.72. The highest BCUT2D eigenvalue weighted by Gasteiger charge is 2.11. The molecule has 19 heavy (non-hydrogen) atoms. The number of rotatable bonds is 3. The Hall–Kier alpha value is -1.47. The fourth-order valence-electron chi connectivity index (χ4n) is 2.57. The molecule has 3 rings (SSSR count). The second kappa shape index (κ2) is 5.26. The third-order valence-corrected chi connectivity index (χ3v) is 4.02. The van der Waals surface area contributed by atoms with Crippen molar-refractivity contribution < 1.29 is 4.74 Å². The summed E-state index contributed by atoms with van der Waals surface area (Å²) in [6, 6.07) is 12.5. The van der Waals surface area contributed by atoms with Crippen LogP contribution in [0.15, 0.2) is 36.4 Å². The van der Waals surface area contributed by atoms with Crippen LogP contribution in [0.4, 0.5) is 0 Å². The summed E-state index contributed by atoms with van der Waals surface area (Å²) in [5, 5.41) is 0.779. The third kappa shape index (κ3) is 2.76. The van der Waals surface area contributed by atoms with Crippen LogP contribution in [0, 0.1) is 6.92 Å². The Morgan fingerprint density at radius 1 is 1.05 bits per heavy atom. The lowest BCUT2D eigenvalue weighted by Gasteiger charge is -2.10. The molecule has 2 aromatic carbocycles. The van der Waals surface area contributed by atoms with E-state index < -0.39 is 0 Å². The van der Waals surface area contributed by atoms with Crippen LogP contribution in [0.2, 0.25) is 5.02 Å². The van der Waals surface area contributed by atoms with Gasteiger partial charge in [0.15, 0.2) is 0 Å². The highest BCUT2D eigenvalue weighted by molar-refractivity contribution is 6.31. The first kappa shape index (κ1) is 12.6. The summed E-state index contributed by atoms with van der Waals surface area (Å²) in [4.78, 5) is 0. The molecule has 2 aromatic rings. The summed E-state index contributed by atoms with van der Waals surface area (Å²) in [7, 11) is 0. The molecule has 0 heterocycles. The van der Waals surface area contributed by atoms with Gasteiger partial charge >= 0.3 is 0 Å². The van der Waals surface area contributed by atoms with Gasteiger partial charge in [-0.3, -0.25) is 0 Å². The molecule has 0 spiro atoms. The number of hydrogen-bond donors (Lipinski definition) is 0. The molecule has 0 amide bonds. The van der Waals surface area contributed by atoms with Gasteiger partial charge in [-0.25, -0.2) is 0 Å². The minimum atomic E-state index is 0.526. The van der Waals surface area contributed by atoms with Crippen LogP contribution in [0.3, 0.4) is 0 Å². The van der Waals surface area contributed by atoms with Gasteiger partial charge in [0.2, 0.25) is 0 Å². The number of halogens is 1. The van der Waals surface area contributed by atoms with E-state index in [1.807, 2.05) is 19.1 Å². The molecule has 0 saturated heterocycles. The maximum atomic E-state index is 6.21. The lowest BCUT2D eigenvalue weighted by molar-refractivity contribution is 0.306. The average molecular weight is 273 g/mol. The topological polar surface area (TPSA) is 9.23 Å². The van der Waals surface area contributed by atoms with Gasteiger partial charge in [-0.2, -0.15) is 0 Å². The summed E-state index contributed by atoms with van der Waals surface area (Å²) in [6.07, 6.45) is 3.65. The molecule has 1 aliphatic rings. The predicted molar refractivity (Wildman–Crippen MR) is 79.0 cm³/mol. The van der Waals surface area contributed by atoms with E-state index in [1.54, 1.807) is 0 Å². The molecule has 1 aliphatic carbocycles. The van der Waals surface area contributed by atoms with Crippen molar-refractivity contribution in [2.75, 3.05) is 0 Å². The first-order valence-electron chi connectivity index (χ1n) is 6.72. The Kier molecular flexibility index (Phi) is 3.48. The summed E-state index contributed by atoms with van der Waals surface area (Å²) in [6.45, 7) is 2.56. The van der Waals surface area contributed by atoms with Gasteiger partial charge in [0.25, 0.3) is 0 Å². The quantitative estimate of drug-likeness (QED) is 0.786. The average Bonchev–Trinajstić information content (AvgIpc) is 2.85. The molecule has 98 valence electrons. The van der Waals surface area contributed by atoms with Crippen LogP contribution in [0.5, 0.6) is 5.75 Å². The van der Waals surface area contributed by atoms with Crippen molar-refractivity contribution in [3.8, 4) is 5.75 Å². The highest BCUT2D eigenvalue weighted by Crippen LogP contribution is 2.27. The zero-order valence-corrected chi connectivity index (χ0v) is 11.8. The first-order valence-corrected chi connectivity index (χ1v) is 7.10. The Balaban J connectivity index is 1.72. The molecule has 0 bridgehead atoms. The van der Waals surface area contributed by atoms with E-state index in [9.17, 15) is 0 Å². The lowest BCUT2D eigenvalue weighted by atomic mass is 10.1. The molecule has 0 atom stereocenters. The third-order valence-electron chi connectivity index (χ3n) is 3.67. The second-order valence-electron chi connectivity index (χ2n) is 5.17. The molecule has 0 saturated carbocycles. The van der Waals surface area contributed by atoms with Gasteiger partial charge in [0.05, 0.1) is 0 Å². The fourth-order valence-corrected chi connectivity index (χ4v) is 2.86. The maximum Gasteiger partial charge on any atom is 0.120 e. The number of fused-ring (bicyclic) bond motifs is 1. The molecule has 0 N–H and O–H groups in total. The summed E-state index contributed by atoms with van der Waals surface area (Å²) < 4.78 is 5.85. The zero-order chi connectivity index (χ0) is 13.2. The Bertz CT molecular complexity index is 604. The minimum absolute atomic E-state index is 0.526.